The number of thioether (sulfide) groups is 1. The lowest BCUT2D eigenvalue weighted by molar-refractivity contribution is -0.145. The fourth-order valence-electron chi connectivity index (χ4n) is 1.77. The van der Waals surface area contributed by atoms with Crippen LogP contribution in [0.4, 0.5) is 5.69 Å². The molecule has 0 bridgehead atoms. The number of amides is 3. The van der Waals surface area contributed by atoms with Crippen LogP contribution in [0.5, 0.6) is 0 Å². The summed E-state index contributed by atoms with van der Waals surface area (Å²) in [5, 5.41) is 2.95. The van der Waals surface area contributed by atoms with Crippen LogP contribution >= 0.6 is 35.0 Å². The van der Waals surface area contributed by atoms with Gasteiger partial charge in [0.25, 0.3) is 0 Å². The van der Waals surface area contributed by atoms with E-state index in [1.54, 1.807) is 19.1 Å². The summed E-state index contributed by atoms with van der Waals surface area (Å²) < 4.78 is 0. The first kappa shape index (κ1) is 16.1. The zero-order valence-corrected chi connectivity index (χ0v) is 13.4. The molecule has 2 rings (SSSR count). The molecule has 21 heavy (non-hydrogen) atoms. The van der Waals surface area contributed by atoms with Crippen LogP contribution in [-0.2, 0) is 14.4 Å². The standard InChI is InChI=1S/C13H12Cl2N2O3S/c1-7-13(20)17(12(19)6-21-7)5-11(18)16-8-2-3-9(14)10(15)4-8/h2-4,7H,5-6H2,1H3,(H,16,18)/t7-/m0/s1. The monoisotopic (exact) mass is 346 g/mol. The second-order valence-corrected chi connectivity index (χ2v) is 6.59. The van der Waals surface area contributed by atoms with E-state index >= 15 is 0 Å². The zero-order chi connectivity index (χ0) is 15.6. The summed E-state index contributed by atoms with van der Waals surface area (Å²) in [6, 6.07) is 4.64. The first-order valence-corrected chi connectivity index (χ1v) is 7.89. The number of hydrogen-bond donors (Lipinski definition) is 1. The molecule has 1 fully saturated rings. The molecule has 1 aromatic rings. The molecule has 0 aromatic heterocycles. The summed E-state index contributed by atoms with van der Waals surface area (Å²) in [5.74, 6) is -0.963. The van der Waals surface area contributed by atoms with Crippen molar-refractivity contribution in [3.63, 3.8) is 0 Å². The summed E-state index contributed by atoms with van der Waals surface area (Å²) in [6.45, 7) is 1.41. The molecule has 1 saturated heterocycles. The van der Waals surface area contributed by atoms with E-state index in [0.717, 1.165) is 4.90 Å². The van der Waals surface area contributed by atoms with Crippen molar-refractivity contribution in [2.24, 2.45) is 0 Å². The van der Waals surface area contributed by atoms with Crippen molar-refractivity contribution in [1.82, 2.24) is 4.90 Å². The van der Waals surface area contributed by atoms with E-state index in [-0.39, 0.29) is 29.4 Å². The number of nitrogens with zero attached hydrogens (tertiary/aromatic N) is 1. The second-order valence-electron chi connectivity index (χ2n) is 4.45. The molecule has 1 heterocycles. The van der Waals surface area contributed by atoms with E-state index in [4.69, 9.17) is 23.2 Å². The average molecular weight is 347 g/mol. The molecular weight excluding hydrogens is 335 g/mol. The van der Waals surface area contributed by atoms with Gasteiger partial charge < -0.3 is 5.32 Å². The summed E-state index contributed by atoms with van der Waals surface area (Å²) >= 11 is 12.9. The molecule has 1 aromatic carbocycles. The number of rotatable bonds is 3. The fraction of sp³-hybridized carbons (Fsp3) is 0.308. The number of anilines is 1. The molecule has 5 nitrogen and oxygen atoms in total. The van der Waals surface area contributed by atoms with Crippen molar-refractivity contribution >= 4 is 58.4 Å². The molecule has 8 heteroatoms. The SMILES string of the molecule is C[C@@H]1SCC(=O)N(CC(=O)Nc2ccc(Cl)c(Cl)c2)C1=O. The average Bonchev–Trinajstić information content (AvgIpc) is 2.43. The van der Waals surface area contributed by atoms with Crippen LogP contribution in [0, 0.1) is 0 Å². The normalized spacial score (nSPS) is 18.8. The molecule has 0 unspecified atom stereocenters. The molecule has 1 N–H and O–H groups in total. The Morgan fingerprint density at radius 3 is 2.76 bits per heavy atom. The van der Waals surface area contributed by atoms with Crippen molar-refractivity contribution in [1.29, 1.82) is 0 Å². The number of nitrogens with one attached hydrogen (secondary N) is 1. The Hall–Kier alpha value is -1.24. The third kappa shape index (κ3) is 3.90. The molecule has 0 saturated carbocycles. The van der Waals surface area contributed by atoms with E-state index < -0.39 is 5.91 Å². The molecule has 1 aliphatic heterocycles. The summed E-state index contributed by atoms with van der Waals surface area (Å²) in [5.41, 5.74) is 0.453. The first-order chi connectivity index (χ1) is 9.88. The minimum Gasteiger partial charge on any atom is -0.324 e. The Bertz CT molecular complexity index is 609. The predicted octanol–water partition coefficient (Wildman–Crippen LogP) is 2.42. The minimum absolute atomic E-state index is 0.201. The van der Waals surface area contributed by atoms with Gasteiger partial charge in [-0.15, -0.1) is 11.8 Å². The van der Waals surface area contributed by atoms with E-state index in [9.17, 15) is 14.4 Å². The number of carbonyl (C=O) groups excluding carboxylic acids is 3. The van der Waals surface area contributed by atoms with Crippen LogP contribution in [0.25, 0.3) is 0 Å². The van der Waals surface area contributed by atoms with Gasteiger partial charge in [0.2, 0.25) is 17.7 Å². The van der Waals surface area contributed by atoms with Crippen molar-refractivity contribution in [2.45, 2.75) is 12.2 Å². The van der Waals surface area contributed by atoms with Gasteiger partial charge in [-0.1, -0.05) is 23.2 Å². The number of imide groups is 1. The third-order valence-electron chi connectivity index (χ3n) is 2.88. The van der Waals surface area contributed by atoms with Crippen molar-refractivity contribution in [3.05, 3.63) is 28.2 Å². The van der Waals surface area contributed by atoms with Crippen LogP contribution in [0.3, 0.4) is 0 Å². The number of carbonyl (C=O) groups is 3. The second kappa shape index (κ2) is 6.68. The fourth-order valence-corrected chi connectivity index (χ4v) is 2.89. The predicted molar refractivity (Wildman–Crippen MR) is 83.7 cm³/mol. The van der Waals surface area contributed by atoms with Crippen LogP contribution in [0.2, 0.25) is 10.0 Å². The molecule has 1 atom stereocenters. The maximum absolute atomic E-state index is 11.9. The zero-order valence-electron chi connectivity index (χ0n) is 11.1. The van der Waals surface area contributed by atoms with Crippen LogP contribution in [0.15, 0.2) is 18.2 Å². The maximum Gasteiger partial charge on any atom is 0.244 e. The maximum atomic E-state index is 11.9. The Balaban J connectivity index is 2.02. The molecule has 3 amide bonds. The molecule has 0 radical (unpaired) electrons. The molecule has 112 valence electrons. The van der Waals surface area contributed by atoms with Gasteiger partial charge in [-0.3, -0.25) is 19.3 Å². The largest absolute Gasteiger partial charge is 0.324 e. The highest BCUT2D eigenvalue weighted by atomic mass is 35.5. The number of hydrogen-bond acceptors (Lipinski definition) is 4. The van der Waals surface area contributed by atoms with Gasteiger partial charge in [-0.25, -0.2) is 0 Å². The molecular formula is C13H12Cl2N2O3S. The van der Waals surface area contributed by atoms with E-state index in [0.29, 0.717) is 15.7 Å². The highest BCUT2D eigenvalue weighted by molar-refractivity contribution is 8.01. The van der Waals surface area contributed by atoms with Gasteiger partial charge >= 0.3 is 0 Å². The highest BCUT2D eigenvalue weighted by Gasteiger charge is 2.33. The first-order valence-electron chi connectivity index (χ1n) is 6.09. The topological polar surface area (TPSA) is 66.5 Å². The van der Waals surface area contributed by atoms with E-state index in [2.05, 4.69) is 5.32 Å². The molecule has 0 aliphatic carbocycles. The van der Waals surface area contributed by atoms with Crippen molar-refractivity contribution in [2.75, 3.05) is 17.6 Å². The van der Waals surface area contributed by atoms with Gasteiger partial charge in [0.1, 0.15) is 6.54 Å². The summed E-state index contributed by atoms with van der Waals surface area (Å²) in [6.07, 6.45) is 0. The highest BCUT2D eigenvalue weighted by Crippen LogP contribution is 2.25. The van der Waals surface area contributed by atoms with Crippen molar-refractivity contribution in [3.8, 4) is 0 Å². The van der Waals surface area contributed by atoms with Crippen LogP contribution in [-0.4, -0.2) is 40.2 Å². The lowest BCUT2D eigenvalue weighted by Gasteiger charge is -2.27. The van der Waals surface area contributed by atoms with Gasteiger partial charge in [-0.2, -0.15) is 0 Å². The number of benzene rings is 1. The van der Waals surface area contributed by atoms with E-state index in [1.165, 1.54) is 17.8 Å². The van der Waals surface area contributed by atoms with Gasteiger partial charge in [0, 0.05) is 5.69 Å². The lowest BCUT2D eigenvalue weighted by atomic mass is 10.3. The van der Waals surface area contributed by atoms with E-state index in [1.807, 2.05) is 0 Å². The summed E-state index contributed by atoms with van der Waals surface area (Å²) in [7, 11) is 0. The smallest absolute Gasteiger partial charge is 0.244 e. The summed E-state index contributed by atoms with van der Waals surface area (Å²) in [4.78, 5) is 36.5. The third-order valence-corrected chi connectivity index (χ3v) is 4.73. The Morgan fingerprint density at radius 1 is 1.38 bits per heavy atom. The Labute approximate surface area is 136 Å². The van der Waals surface area contributed by atoms with Gasteiger partial charge in [-0.05, 0) is 25.1 Å². The van der Waals surface area contributed by atoms with Crippen LogP contribution in [0.1, 0.15) is 6.92 Å². The molecule has 0 spiro atoms. The van der Waals surface area contributed by atoms with Gasteiger partial charge in [0.15, 0.2) is 0 Å². The molecule has 1 aliphatic rings. The van der Waals surface area contributed by atoms with Crippen molar-refractivity contribution < 1.29 is 14.4 Å². The Kier molecular flexibility index (Phi) is 5.13. The lowest BCUT2D eigenvalue weighted by Crippen LogP contribution is -2.49. The minimum atomic E-state index is -0.464. The van der Waals surface area contributed by atoms with Crippen LogP contribution < -0.4 is 5.32 Å². The quantitative estimate of drug-likeness (QED) is 0.853. The van der Waals surface area contributed by atoms with Gasteiger partial charge in [0.05, 0.1) is 21.0 Å². The number of halogens is 2. The Morgan fingerprint density at radius 2 is 2.10 bits per heavy atom.